The Kier molecular flexibility index (Phi) is 7.13. The first-order valence-corrected chi connectivity index (χ1v) is 9.22. The van der Waals surface area contributed by atoms with Gasteiger partial charge in [-0.25, -0.2) is 9.78 Å². The molecule has 160 valence electrons. The highest BCUT2D eigenvalue weighted by Gasteiger charge is 2.18. The highest BCUT2D eigenvalue weighted by Crippen LogP contribution is 2.32. The molecule has 1 N–H and O–H groups in total. The van der Waals surface area contributed by atoms with Crippen molar-refractivity contribution in [2.45, 2.75) is 6.29 Å². The van der Waals surface area contributed by atoms with Gasteiger partial charge in [0, 0.05) is 6.08 Å². The summed E-state index contributed by atoms with van der Waals surface area (Å²) in [6, 6.07) is 14.4. The van der Waals surface area contributed by atoms with Crippen LogP contribution in [0.5, 0.6) is 17.5 Å². The highest BCUT2D eigenvalue weighted by atomic mass is 16.7. The van der Waals surface area contributed by atoms with E-state index in [0.29, 0.717) is 34.3 Å². The van der Waals surface area contributed by atoms with E-state index in [1.165, 1.54) is 0 Å². The van der Waals surface area contributed by atoms with Gasteiger partial charge in [0.15, 0.2) is 18.3 Å². The van der Waals surface area contributed by atoms with Crippen LogP contribution in [0.3, 0.4) is 0 Å². The minimum atomic E-state index is -1.52. The van der Waals surface area contributed by atoms with E-state index in [4.69, 9.17) is 14.2 Å². The quantitative estimate of drug-likeness (QED) is 0.315. The van der Waals surface area contributed by atoms with Gasteiger partial charge in [-0.15, -0.1) is 0 Å². The molecule has 1 atom stereocenters. The van der Waals surface area contributed by atoms with Crippen molar-refractivity contribution in [2.75, 3.05) is 20.8 Å². The fraction of sp³-hybridized carbons (Fsp3) is 0.182. The predicted octanol–water partition coefficient (Wildman–Crippen LogP) is 2.65. The zero-order valence-corrected chi connectivity index (χ0v) is 17.0. The normalized spacial score (nSPS) is 11.3. The Bertz CT molecular complexity index is 1010. The molecule has 0 radical (unpaired) electrons. The lowest BCUT2D eigenvalue weighted by molar-refractivity contribution is -0.166. The van der Waals surface area contributed by atoms with E-state index >= 15 is 0 Å². The molecule has 31 heavy (non-hydrogen) atoms. The minimum Gasteiger partial charge on any atom is -0.496 e. The molecule has 0 bridgehead atoms. The Morgan fingerprint density at radius 2 is 1.48 bits per heavy atom. The topological polar surface area (TPSA) is 113 Å². The molecule has 0 amide bonds. The number of ether oxygens (including phenoxy) is 4. The first kappa shape index (κ1) is 21.7. The van der Waals surface area contributed by atoms with E-state index < -0.39 is 12.3 Å². The van der Waals surface area contributed by atoms with Crippen LogP contribution in [-0.2, 0) is 9.53 Å². The summed E-state index contributed by atoms with van der Waals surface area (Å²) in [6.07, 6.45) is -0.585. The van der Waals surface area contributed by atoms with E-state index in [2.05, 4.69) is 26.3 Å². The Morgan fingerprint density at radius 1 is 0.968 bits per heavy atom. The number of methoxy groups -OCH3 is 2. The van der Waals surface area contributed by atoms with Gasteiger partial charge in [0.05, 0.1) is 25.3 Å². The molecule has 0 spiro atoms. The second-order valence-corrected chi connectivity index (χ2v) is 6.07. The standard InChI is InChI=1S/C22H21N3O6/c1-4-18(26)31-19(27)13-30-22-24-20(14-9-5-7-11-16(14)28-2)23-21(25-22)15-10-6-8-12-17(15)29-3/h4-12,19,27H,1,13H2,2-3H3. The van der Waals surface area contributed by atoms with Crippen LogP contribution in [0, 0.1) is 0 Å². The van der Waals surface area contributed by atoms with Crippen molar-refractivity contribution in [3.8, 4) is 40.3 Å². The van der Waals surface area contributed by atoms with Gasteiger partial charge in [-0.3, -0.25) is 0 Å². The molecule has 0 aliphatic heterocycles. The van der Waals surface area contributed by atoms with Crippen molar-refractivity contribution in [2.24, 2.45) is 0 Å². The van der Waals surface area contributed by atoms with Crippen LogP contribution in [0.4, 0.5) is 0 Å². The third-order valence-electron chi connectivity index (χ3n) is 4.08. The SMILES string of the molecule is C=CC(=O)OC(O)COc1nc(-c2ccccc2OC)nc(-c2ccccc2OC)n1. The Hall–Kier alpha value is -3.98. The monoisotopic (exact) mass is 423 g/mol. The van der Waals surface area contributed by atoms with Gasteiger partial charge in [-0.05, 0) is 24.3 Å². The summed E-state index contributed by atoms with van der Waals surface area (Å²) in [4.78, 5) is 24.4. The van der Waals surface area contributed by atoms with Crippen LogP contribution in [-0.4, -0.2) is 53.1 Å². The summed E-state index contributed by atoms with van der Waals surface area (Å²) in [5.74, 6) is 0.925. The molecular weight excluding hydrogens is 402 g/mol. The number of carbonyl (C=O) groups is 1. The van der Waals surface area contributed by atoms with Crippen molar-refractivity contribution in [3.63, 3.8) is 0 Å². The maximum Gasteiger partial charge on any atom is 0.332 e. The molecule has 0 saturated carbocycles. The molecule has 0 aliphatic carbocycles. The molecule has 0 aliphatic rings. The molecule has 1 heterocycles. The fourth-order valence-electron chi connectivity index (χ4n) is 2.68. The first-order valence-electron chi connectivity index (χ1n) is 9.22. The number of rotatable bonds is 9. The number of para-hydroxylation sites is 2. The third-order valence-corrected chi connectivity index (χ3v) is 4.08. The fourth-order valence-corrected chi connectivity index (χ4v) is 2.68. The highest BCUT2D eigenvalue weighted by molar-refractivity contribution is 5.81. The van der Waals surface area contributed by atoms with Crippen molar-refractivity contribution in [3.05, 3.63) is 61.2 Å². The van der Waals surface area contributed by atoms with Gasteiger partial charge in [0.2, 0.25) is 6.29 Å². The molecule has 1 unspecified atom stereocenters. The molecule has 3 rings (SSSR count). The summed E-state index contributed by atoms with van der Waals surface area (Å²) < 4.78 is 21.0. The largest absolute Gasteiger partial charge is 0.496 e. The number of benzene rings is 2. The number of aliphatic hydroxyl groups excluding tert-OH is 1. The van der Waals surface area contributed by atoms with Gasteiger partial charge >= 0.3 is 12.0 Å². The second-order valence-electron chi connectivity index (χ2n) is 6.07. The lowest BCUT2D eigenvalue weighted by Gasteiger charge is -2.14. The van der Waals surface area contributed by atoms with Crippen LogP contribution in [0.1, 0.15) is 0 Å². The molecule has 9 nitrogen and oxygen atoms in total. The Balaban J connectivity index is 2.02. The van der Waals surface area contributed by atoms with Crippen LogP contribution >= 0.6 is 0 Å². The predicted molar refractivity (Wildman–Crippen MR) is 112 cm³/mol. The molecule has 2 aromatic carbocycles. The average Bonchev–Trinajstić information content (AvgIpc) is 2.82. The van der Waals surface area contributed by atoms with Crippen molar-refractivity contribution >= 4 is 5.97 Å². The number of nitrogens with zero attached hydrogens (tertiary/aromatic N) is 3. The lowest BCUT2D eigenvalue weighted by atomic mass is 10.1. The van der Waals surface area contributed by atoms with Gasteiger partial charge in [-0.2, -0.15) is 9.97 Å². The Labute approximate surface area is 178 Å². The van der Waals surface area contributed by atoms with E-state index in [1.54, 1.807) is 38.5 Å². The number of hydrogen-bond acceptors (Lipinski definition) is 9. The van der Waals surface area contributed by atoms with Crippen LogP contribution in [0.15, 0.2) is 61.2 Å². The maximum atomic E-state index is 11.2. The summed E-state index contributed by atoms with van der Waals surface area (Å²) in [5.41, 5.74) is 1.24. The third kappa shape index (κ3) is 5.34. The molecule has 0 fully saturated rings. The molecule has 3 aromatic rings. The van der Waals surface area contributed by atoms with Crippen molar-refractivity contribution in [1.29, 1.82) is 0 Å². The van der Waals surface area contributed by atoms with E-state index in [9.17, 15) is 9.90 Å². The first-order chi connectivity index (χ1) is 15.0. The zero-order valence-electron chi connectivity index (χ0n) is 17.0. The smallest absolute Gasteiger partial charge is 0.332 e. The van der Waals surface area contributed by atoms with Gasteiger partial charge in [-0.1, -0.05) is 30.8 Å². The van der Waals surface area contributed by atoms with Crippen LogP contribution in [0.2, 0.25) is 0 Å². The van der Waals surface area contributed by atoms with E-state index in [0.717, 1.165) is 6.08 Å². The van der Waals surface area contributed by atoms with Crippen molar-refractivity contribution < 1.29 is 28.8 Å². The van der Waals surface area contributed by atoms with E-state index in [1.807, 2.05) is 24.3 Å². The van der Waals surface area contributed by atoms with E-state index in [-0.39, 0.29) is 12.6 Å². The minimum absolute atomic E-state index is 0.0782. The molecule has 1 aromatic heterocycles. The molecule has 0 saturated heterocycles. The summed E-state index contributed by atoms with van der Waals surface area (Å²) >= 11 is 0. The maximum absolute atomic E-state index is 11.2. The number of esters is 1. The van der Waals surface area contributed by atoms with Gasteiger partial charge in [0.1, 0.15) is 11.5 Å². The summed E-state index contributed by atoms with van der Waals surface area (Å²) in [6.45, 7) is 2.88. The van der Waals surface area contributed by atoms with Crippen LogP contribution in [0.25, 0.3) is 22.8 Å². The van der Waals surface area contributed by atoms with Crippen LogP contribution < -0.4 is 14.2 Å². The molecular formula is C22H21N3O6. The zero-order chi connectivity index (χ0) is 22.2. The number of aliphatic hydroxyl groups is 1. The molecule has 9 heteroatoms. The Morgan fingerprint density at radius 3 is 1.97 bits per heavy atom. The summed E-state index contributed by atoms with van der Waals surface area (Å²) in [5, 5.41) is 9.82. The number of aromatic nitrogens is 3. The average molecular weight is 423 g/mol. The summed E-state index contributed by atoms with van der Waals surface area (Å²) in [7, 11) is 3.09. The number of hydrogen-bond donors (Lipinski definition) is 1. The van der Waals surface area contributed by atoms with Gasteiger partial charge in [0.25, 0.3) is 0 Å². The van der Waals surface area contributed by atoms with Gasteiger partial charge < -0.3 is 24.1 Å². The second kappa shape index (κ2) is 10.2. The number of carbonyl (C=O) groups excluding carboxylic acids is 1. The van der Waals surface area contributed by atoms with Crippen molar-refractivity contribution in [1.82, 2.24) is 15.0 Å². The lowest BCUT2D eigenvalue weighted by Crippen LogP contribution is -2.24.